The Morgan fingerprint density at radius 1 is 1.67 bits per heavy atom. The molecule has 0 radical (unpaired) electrons. The molecule has 0 saturated carbocycles. The standard InChI is InChI=1S/C7H13NO4/c1-3-6(8(11)12)7(10)4-5(2)9/h6-7,10H,3-4H2,1-2H3. The molecule has 1 N–H and O–H groups in total. The fourth-order valence-electron chi connectivity index (χ4n) is 0.992. The fourth-order valence-corrected chi connectivity index (χ4v) is 0.992. The fraction of sp³-hybridized carbons (Fsp3) is 0.857. The number of nitrogens with zero attached hydrogens (tertiary/aromatic N) is 1. The van der Waals surface area contributed by atoms with Crippen LogP contribution in [0.5, 0.6) is 0 Å². The Kier molecular flexibility index (Phi) is 4.43. The van der Waals surface area contributed by atoms with Gasteiger partial charge in [-0.1, -0.05) is 6.92 Å². The zero-order valence-electron chi connectivity index (χ0n) is 7.19. The van der Waals surface area contributed by atoms with Gasteiger partial charge in [0.05, 0.1) is 0 Å². The van der Waals surface area contributed by atoms with Gasteiger partial charge in [0.15, 0.2) is 0 Å². The summed E-state index contributed by atoms with van der Waals surface area (Å²) >= 11 is 0. The molecule has 5 heteroatoms. The van der Waals surface area contributed by atoms with Crippen LogP contribution in [0.3, 0.4) is 0 Å². The number of hydrogen-bond donors (Lipinski definition) is 1. The highest BCUT2D eigenvalue weighted by atomic mass is 16.6. The number of carbonyl (C=O) groups is 1. The molecule has 0 aromatic heterocycles. The van der Waals surface area contributed by atoms with Crippen molar-refractivity contribution in [3.8, 4) is 0 Å². The molecule has 0 aliphatic heterocycles. The van der Waals surface area contributed by atoms with Crippen molar-refractivity contribution in [1.29, 1.82) is 0 Å². The van der Waals surface area contributed by atoms with E-state index in [-0.39, 0.29) is 18.6 Å². The van der Waals surface area contributed by atoms with Crippen molar-refractivity contribution in [1.82, 2.24) is 0 Å². The minimum Gasteiger partial charge on any atom is -0.385 e. The van der Waals surface area contributed by atoms with Crippen LogP contribution in [0.25, 0.3) is 0 Å². The SMILES string of the molecule is CCC(C(O)CC(C)=O)[N+](=O)[O-]. The molecule has 0 saturated heterocycles. The summed E-state index contributed by atoms with van der Waals surface area (Å²) < 4.78 is 0. The van der Waals surface area contributed by atoms with Gasteiger partial charge in [-0.05, 0) is 6.92 Å². The lowest BCUT2D eigenvalue weighted by molar-refractivity contribution is -0.534. The minimum absolute atomic E-state index is 0.139. The van der Waals surface area contributed by atoms with Gasteiger partial charge in [-0.2, -0.15) is 0 Å². The van der Waals surface area contributed by atoms with E-state index in [2.05, 4.69) is 0 Å². The summed E-state index contributed by atoms with van der Waals surface area (Å²) in [6.45, 7) is 2.91. The molecule has 0 spiro atoms. The molecule has 2 unspecified atom stereocenters. The average Bonchev–Trinajstić information content (AvgIpc) is 1.85. The second-order valence-electron chi connectivity index (χ2n) is 2.73. The first-order chi connectivity index (χ1) is 5.49. The van der Waals surface area contributed by atoms with Gasteiger partial charge in [0.25, 0.3) is 0 Å². The summed E-state index contributed by atoms with van der Waals surface area (Å²) in [5, 5.41) is 19.5. The quantitative estimate of drug-likeness (QED) is 0.484. The summed E-state index contributed by atoms with van der Waals surface area (Å²) in [6.07, 6.45) is -1.05. The van der Waals surface area contributed by atoms with Gasteiger partial charge in [-0.25, -0.2) is 0 Å². The number of nitro groups is 1. The Bertz CT molecular complexity index is 180. The van der Waals surface area contributed by atoms with Gasteiger partial charge in [-0.15, -0.1) is 0 Å². The molecule has 2 atom stereocenters. The molecule has 0 rings (SSSR count). The van der Waals surface area contributed by atoms with Crippen LogP contribution in [0.4, 0.5) is 0 Å². The number of rotatable bonds is 5. The molecule has 0 amide bonds. The van der Waals surface area contributed by atoms with Gasteiger partial charge in [0, 0.05) is 17.8 Å². The lowest BCUT2D eigenvalue weighted by Gasteiger charge is -2.12. The van der Waals surface area contributed by atoms with Crippen LogP contribution in [0.15, 0.2) is 0 Å². The normalized spacial score (nSPS) is 15.2. The van der Waals surface area contributed by atoms with Crippen LogP contribution >= 0.6 is 0 Å². The predicted molar refractivity (Wildman–Crippen MR) is 42.4 cm³/mol. The third-order valence-corrected chi connectivity index (χ3v) is 1.63. The topological polar surface area (TPSA) is 80.4 Å². The van der Waals surface area contributed by atoms with Crippen molar-refractivity contribution in [3.05, 3.63) is 10.1 Å². The van der Waals surface area contributed by atoms with E-state index in [0.29, 0.717) is 0 Å². The van der Waals surface area contributed by atoms with Crippen LogP contribution < -0.4 is 0 Å². The first-order valence-corrected chi connectivity index (χ1v) is 3.80. The lowest BCUT2D eigenvalue weighted by atomic mass is 10.0. The Balaban J connectivity index is 4.11. The van der Waals surface area contributed by atoms with Crippen LogP contribution in [0.1, 0.15) is 26.7 Å². The van der Waals surface area contributed by atoms with Gasteiger partial charge < -0.3 is 5.11 Å². The number of ketones is 1. The monoisotopic (exact) mass is 175 g/mol. The molecule has 0 bridgehead atoms. The Hall–Kier alpha value is -0.970. The predicted octanol–water partition coefficient (Wildman–Crippen LogP) is 0.382. The van der Waals surface area contributed by atoms with Gasteiger partial charge >= 0.3 is 0 Å². The minimum atomic E-state index is -1.15. The summed E-state index contributed by atoms with van der Waals surface area (Å²) in [6, 6.07) is -1.02. The first-order valence-electron chi connectivity index (χ1n) is 3.80. The lowest BCUT2D eigenvalue weighted by Crippen LogP contribution is -2.34. The summed E-state index contributed by atoms with van der Waals surface area (Å²) in [4.78, 5) is 20.3. The maximum Gasteiger partial charge on any atom is 0.238 e. The van der Waals surface area contributed by atoms with Crippen molar-refractivity contribution in [2.24, 2.45) is 0 Å². The highest BCUT2D eigenvalue weighted by Gasteiger charge is 2.28. The molecular formula is C7H13NO4. The van der Waals surface area contributed by atoms with Crippen molar-refractivity contribution in [2.45, 2.75) is 38.8 Å². The van der Waals surface area contributed by atoms with Gasteiger partial charge in [0.1, 0.15) is 11.9 Å². The van der Waals surface area contributed by atoms with E-state index >= 15 is 0 Å². The van der Waals surface area contributed by atoms with Crippen LogP contribution in [-0.2, 0) is 4.79 Å². The Morgan fingerprint density at radius 2 is 2.17 bits per heavy atom. The molecule has 0 aliphatic rings. The van der Waals surface area contributed by atoms with Crippen LogP contribution in [0, 0.1) is 10.1 Å². The summed E-state index contributed by atoms with van der Waals surface area (Å²) in [5.41, 5.74) is 0. The van der Waals surface area contributed by atoms with E-state index < -0.39 is 17.1 Å². The molecular weight excluding hydrogens is 162 g/mol. The van der Waals surface area contributed by atoms with E-state index in [9.17, 15) is 20.0 Å². The smallest absolute Gasteiger partial charge is 0.238 e. The third kappa shape index (κ3) is 3.43. The van der Waals surface area contributed by atoms with E-state index in [1.807, 2.05) is 0 Å². The zero-order valence-corrected chi connectivity index (χ0v) is 7.19. The van der Waals surface area contributed by atoms with Crippen LogP contribution in [0.2, 0.25) is 0 Å². The largest absolute Gasteiger partial charge is 0.385 e. The second kappa shape index (κ2) is 4.82. The van der Waals surface area contributed by atoms with Crippen molar-refractivity contribution in [3.63, 3.8) is 0 Å². The van der Waals surface area contributed by atoms with Crippen molar-refractivity contribution >= 4 is 5.78 Å². The van der Waals surface area contributed by atoms with E-state index in [4.69, 9.17) is 0 Å². The van der Waals surface area contributed by atoms with Gasteiger partial charge in [0.2, 0.25) is 6.04 Å². The van der Waals surface area contributed by atoms with Crippen molar-refractivity contribution in [2.75, 3.05) is 0 Å². The van der Waals surface area contributed by atoms with E-state index in [0.717, 1.165) is 0 Å². The van der Waals surface area contributed by atoms with Crippen molar-refractivity contribution < 1.29 is 14.8 Å². The average molecular weight is 175 g/mol. The number of aliphatic hydroxyl groups is 1. The molecule has 0 aromatic rings. The molecule has 70 valence electrons. The number of aliphatic hydroxyl groups excluding tert-OH is 1. The molecule has 0 heterocycles. The van der Waals surface area contributed by atoms with E-state index in [1.165, 1.54) is 6.92 Å². The molecule has 0 fully saturated rings. The number of carbonyl (C=O) groups excluding carboxylic acids is 1. The number of Topliss-reactive ketones (excluding diaryl/α,β-unsaturated/α-hetero) is 1. The summed E-state index contributed by atoms with van der Waals surface area (Å²) in [5.74, 6) is -0.234. The first kappa shape index (κ1) is 11.0. The highest BCUT2D eigenvalue weighted by molar-refractivity contribution is 5.76. The van der Waals surface area contributed by atoms with Gasteiger partial charge in [-0.3, -0.25) is 14.9 Å². The molecule has 0 aliphatic carbocycles. The maximum absolute atomic E-state index is 10.5. The second-order valence-corrected chi connectivity index (χ2v) is 2.73. The highest BCUT2D eigenvalue weighted by Crippen LogP contribution is 2.07. The number of hydrogen-bond acceptors (Lipinski definition) is 4. The molecule has 12 heavy (non-hydrogen) atoms. The zero-order chi connectivity index (χ0) is 9.72. The summed E-state index contributed by atoms with van der Waals surface area (Å²) in [7, 11) is 0. The Labute approximate surface area is 70.5 Å². The third-order valence-electron chi connectivity index (χ3n) is 1.63. The molecule has 5 nitrogen and oxygen atoms in total. The van der Waals surface area contributed by atoms with E-state index in [1.54, 1.807) is 6.92 Å². The Morgan fingerprint density at radius 3 is 2.42 bits per heavy atom. The maximum atomic E-state index is 10.5. The molecule has 0 aromatic carbocycles. The van der Waals surface area contributed by atoms with Crippen LogP contribution in [-0.4, -0.2) is 28.0 Å².